The van der Waals surface area contributed by atoms with Crippen molar-refractivity contribution >= 4 is 5.91 Å². The van der Waals surface area contributed by atoms with Crippen LogP contribution in [-0.2, 0) is 11.2 Å². The zero-order chi connectivity index (χ0) is 12.3. The number of para-hydroxylation sites is 1. The molecule has 1 aliphatic heterocycles. The molecule has 17 heavy (non-hydrogen) atoms. The third-order valence-corrected chi connectivity index (χ3v) is 2.89. The van der Waals surface area contributed by atoms with Gasteiger partial charge in [0.05, 0.1) is 6.10 Å². The van der Waals surface area contributed by atoms with E-state index in [1.54, 1.807) is 0 Å². The van der Waals surface area contributed by atoms with Crippen LogP contribution in [-0.4, -0.2) is 18.1 Å². The standard InChI is InChI=1S/C14H19NO2/c1-10(2)17-13-6-4-3-5-11(13)9-12-7-8-14(16)15-12/h3-6,10,12H,7-9H2,1-2H3,(H,15,16). The number of nitrogens with one attached hydrogen (secondary N) is 1. The lowest BCUT2D eigenvalue weighted by molar-refractivity contribution is -0.119. The van der Waals surface area contributed by atoms with Gasteiger partial charge in [0, 0.05) is 12.5 Å². The summed E-state index contributed by atoms with van der Waals surface area (Å²) < 4.78 is 5.77. The molecule has 2 rings (SSSR count). The summed E-state index contributed by atoms with van der Waals surface area (Å²) in [5.41, 5.74) is 1.17. The number of hydrogen-bond donors (Lipinski definition) is 1. The number of carbonyl (C=O) groups is 1. The highest BCUT2D eigenvalue weighted by Crippen LogP contribution is 2.23. The van der Waals surface area contributed by atoms with Gasteiger partial charge in [0.2, 0.25) is 5.91 Å². The Labute approximate surface area is 102 Å². The SMILES string of the molecule is CC(C)Oc1ccccc1CC1CCC(=O)N1. The Hall–Kier alpha value is -1.51. The van der Waals surface area contributed by atoms with Crippen LogP contribution in [0.5, 0.6) is 5.75 Å². The van der Waals surface area contributed by atoms with Crippen molar-refractivity contribution in [2.45, 2.75) is 45.3 Å². The summed E-state index contributed by atoms with van der Waals surface area (Å²) >= 11 is 0. The summed E-state index contributed by atoms with van der Waals surface area (Å²) in [7, 11) is 0. The van der Waals surface area contributed by atoms with Crippen LogP contribution in [0.1, 0.15) is 32.3 Å². The summed E-state index contributed by atoms with van der Waals surface area (Å²) in [6.07, 6.45) is 2.61. The minimum Gasteiger partial charge on any atom is -0.491 e. The maximum Gasteiger partial charge on any atom is 0.220 e. The van der Waals surface area contributed by atoms with Gasteiger partial charge in [0.15, 0.2) is 0 Å². The van der Waals surface area contributed by atoms with Gasteiger partial charge in [0.1, 0.15) is 5.75 Å². The van der Waals surface area contributed by atoms with Gasteiger partial charge < -0.3 is 10.1 Å². The Morgan fingerprint density at radius 3 is 2.82 bits per heavy atom. The number of amides is 1. The van der Waals surface area contributed by atoms with E-state index >= 15 is 0 Å². The number of carbonyl (C=O) groups excluding carboxylic acids is 1. The van der Waals surface area contributed by atoms with Crippen molar-refractivity contribution in [1.29, 1.82) is 0 Å². The molecule has 0 bridgehead atoms. The quantitative estimate of drug-likeness (QED) is 0.866. The molecule has 92 valence electrons. The van der Waals surface area contributed by atoms with E-state index in [1.165, 1.54) is 5.56 Å². The van der Waals surface area contributed by atoms with Gasteiger partial charge >= 0.3 is 0 Å². The van der Waals surface area contributed by atoms with Crippen molar-refractivity contribution in [1.82, 2.24) is 5.32 Å². The first-order chi connectivity index (χ1) is 8.15. The predicted octanol–water partition coefficient (Wildman–Crippen LogP) is 2.29. The van der Waals surface area contributed by atoms with E-state index < -0.39 is 0 Å². The number of benzene rings is 1. The molecule has 1 aromatic carbocycles. The zero-order valence-electron chi connectivity index (χ0n) is 10.4. The molecule has 0 radical (unpaired) electrons. The molecule has 0 aliphatic carbocycles. The van der Waals surface area contributed by atoms with Crippen molar-refractivity contribution in [3.63, 3.8) is 0 Å². The fourth-order valence-electron chi connectivity index (χ4n) is 2.14. The topological polar surface area (TPSA) is 38.3 Å². The van der Waals surface area contributed by atoms with Gasteiger partial charge in [-0.25, -0.2) is 0 Å². The van der Waals surface area contributed by atoms with E-state index in [1.807, 2.05) is 32.0 Å². The van der Waals surface area contributed by atoms with Crippen molar-refractivity contribution < 1.29 is 9.53 Å². The molecule has 1 N–H and O–H groups in total. The molecular weight excluding hydrogens is 214 g/mol. The van der Waals surface area contributed by atoms with Crippen LogP contribution in [0.3, 0.4) is 0 Å². The van der Waals surface area contributed by atoms with E-state index in [0.29, 0.717) is 6.42 Å². The van der Waals surface area contributed by atoms with Gasteiger partial charge in [-0.05, 0) is 38.3 Å². The molecule has 1 saturated heterocycles. The average molecular weight is 233 g/mol. The van der Waals surface area contributed by atoms with Crippen LogP contribution < -0.4 is 10.1 Å². The number of ether oxygens (including phenoxy) is 1. The molecule has 0 saturated carbocycles. The Balaban J connectivity index is 2.06. The normalized spacial score (nSPS) is 19.5. The number of rotatable bonds is 4. The van der Waals surface area contributed by atoms with E-state index in [2.05, 4.69) is 11.4 Å². The van der Waals surface area contributed by atoms with Crippen molar-refractivity contribution in [2.24, 2.45) is 0 Å². The molecule has 1 unspecified atom stereocenters. The average Bonchev–Trinajstić information content (AvgIpc) is 2.66. The fraction of sp³-hybridized carbons (Fsp3) is 0.500. The second-order valence-electron chi connectivity index (χ2n) is 4.78. The second kappa shape index (κ2) is 5.21. The summed E-state index contributed by atoms with van der Waals surface area (Å²) in [6, 6.07) is 8.32. The van der Waals surface area contributed by atoms with Crippen LogP contribution in [0.2, 0.25) is 0 Å². The first-order valence-corrected chi connectivity index (χ1v) is 6.19. The van der Waals surface area contributed by atoms with E-state index in [-0.39, 0.29) is 18.1 Å². The van der Waals surface area contributed by atoms with Crippen LogP contribution in [0.25, 0.3) is 0 Å². The predicted molar refractivity (Wildman–Crippen MR) is 67.1 cm³/mol. The molecule has 0 aromatic heterocycles. The lowest BCUT2D eigenvalue weighted by Gasteiger charge is -2.16. The van der Waals surface area contributed by atoms with Crippen molar-refractivity contribution in [3.05, 3.63) is 29.8 Å². The van der Waals surface area contributed by atoms with Gasteiger partial charge in [-0.1, -0.05) is 18.2 Å². The molecule has 0 spiro atoms. The molecule has 1 amide bonds. The molecule has 1 atom stereocenters. The highest BCUT2D eigenvalue weighted by molar-refractivity contribution is 5.78. The van der Waals surface area contributed by atoms with Gasteiger partial charge in [0.25, 0.3) is 0 Å². The first-order valence-electron chi connectivity index (χ1n) is 6.19. The largest absolute Gasteiger partial charge is 0.491 e. The molecule has 1 heterocycles. The van der Waals surface area contributed by atoms with E-state index in [4.69, 9.17) is 4.74 Å². The van der Waals surface area contributed by atoms with Gasteiger partial charge in [-0.15, -0.1) is 0 Å². The Morgan fingerprint density at radius 1 is 1.41 bits per heavy atom. The van der Waals surface area contributed by atoms with Crippen LogP contribution in [0.4, 0.5) is 0 Å². The van der Waals surface area contributed by atoms with Gasteiger partial charge in [-0.3, -0.25) is 4.79 Å². The van der Waals surface area contributed by atoms with E-state index in [0.717, 1.165) is 18.6 Å². The monoisotopic (exact) mass is 233 g/mol. The minimum absolute atomic E-state index is 0.164. The zero-order valence-corrected chi connectivity index (χ0v) is 10.4. The van der Waals surface area contributed by atoms with Gasteiger partial charge in [-0.2, -0.15) is 0 Å². The smallest absolute Gasteiger partial charge is 0.220 e. The minimum atomic E-state index is 0.164. The first kappa shape index (κ1) is 12.0. The fourth-order valence-corrected chi connectivity index (χ4v) is 2.14. The van der Waals surface area contributed by atoms with Crippen LogP contribution in [0, 0.1) is 0 Å². The third-order valence-electron chi connectivity index (χ3n) is 2.89. The molecule has 1 aliphatic rings. The Kier molecular flexibility index (Phi) is 3.67. The molecule has 3 heteroatoms. The highest BCUT2D eigenvalue weighted by Gasteiger charge is 2.21. The molecule has 3 nitrogen and oxygen atoms in total. The molecule has 1 aromatic rings. The Morgan fingerprint density at radius 2 is 2.18 bits per heavy atom. The van der Waals surface area contributed by atoms with Crippen molar-refractivity contribution in [3.8, 4) is 5.75 Å². The summed E-state index contributed by atoms with van der Waals surface area (Å²) in [5.74, 6) is 1.10. The lowest BCUT2D eigenvalue weighted by atomic mass is 10.0. The summed E-state index contributed by atoms with van der Waals surface area (Å²) in [4.78, 5) is 11.2. The second-order valence-corrected chi connectivity index (χ2v) is 4.78. The third kappa shape index (κ3) is 3.22. The highest BCUT2D eigenvalue weighted by atomic mass is 16.5. The van der Waals surface area contributed by atoms with Crippen LogP contribution in [0.15, 0.2) is 24.3 Å². The lowest BCUT2D eigenvalue weighted by Crippen LogP contribution is -2.27. The van der Waals surface area contributed by atoms with Crippen LogP contribution >= 0.6 is 0 Å². The molecular formula is C14H19NO2. The number of hydrogen-bond acceptors (Lipinski definition) is 2. The maximum absolute atomic E-state index is 11.2. The maximum atomic E-state index is 11.2. The van der Waals surface area contributed by atoms with Crippen molar-refractivity contribution in [2.75, 3.05) is 0 Å². The molecule has 1 fully saturated rings. The Bertz CT molecular complexity index is 401. The van der Waals surface area contributed by atoms with E-state index in [9.17, 15) is 4.79 Å². The summed E-state index contributed by atoms with van der Waals surface area (Å²) in [6.45, 7) is 4.04. The summed E-state index contributed by atoms with van der Waals surface area (Å²) in [5, 5.41) is 2.99.